The smallest absolute Gasteiger partial charge is 0 e. The Hall–Kier alpha value is 0.359. The standard InChI is InChI=1S/Cu.4H2O/h;4*1H2. The summed E-state index contributed by atoms with van der Waals surface area (Å²) in [6.07, 6.45) is 0. The van der Waals surface area contributed by atoms with Gasteiger partial charge in [0.15, 0.2) is 0 Å². The first-order valence-corrected chi connectivity index (χ1v) is 0. The van der Waals surface area contributed by atoms with Gasteiger partial charge in [-0.05, 0) is 0 Å². The third-order valence-corrected chi connectivity index (χ3v) is 0. The third kappa shape index (κ3) is 188. The van der Waals surface area contributed by atoms with Crippen molar-refractivity contribution in [1.29, 1.82) is 0 Å². The van der Waals surface area contributed by atoms with Crippen LogP contribution in [-0.2, 0) is 17.1 Å². The Morgan fingerprint density at radius 1 is 0.400 bits per heavy atom. The molecule has 0 saturated carbocycles. The summed E-state index contributed by atoms with van der Waals surface area (Å²) in [5.74, 6) is 0. The van der Waals surface area contributed by atoms with E-state index in [2.05, 4.69) is 0 Å². The Kier molecular flexibility index (Phi) is 60000. The van der Waals surface area contributed by atoms with Gasteiger partial charge in [-0.25, -0.2) is 0 Å². The fraction of sp³-hybridized carbons (Fsp3) is 0. The summed E-state index contributed by atoms with van der Waals surface area (Å²) in [6.45, 7) is 0. The zero-order valence-corrected chi connectivity index (χ0v) is 3.24. The molecule has 5 heteroatoms. The second-order valence-electron chi connectivity index (χ2n) is 0. The molecule has 0 rings (SSSR count). The van der Waals surface area contributed by atoms with Crippen molar-refractivity contribution < 1.29 is 39.0 Å². The molecule has 0 aliphatic rings. The topological polar surface area (TPSA) is 126 Å². The Morgan fingerprint density at radius 3 is 0.400 bits per heavy atom. The van der Waals surface area contributed by atoms with E-state index in [9.17, 15) is 0 Å². The molecule has 0 aliphatic heterocycles. The van der Waals surface area contributed by atoms with Gasteiger partial charge >= 0.3 is 0 Å². The summed E-state index contributed by atoms with van der Waals surface area (Å²) in [5.41, 5.74) is 0. The van der Waals surface area contributed by atoms with Gasteiger partial charge in [0.1, 0.15) is 0 Å². The molecule has 43 valence electrons. The Morgan fingerprint density at radius 2 is 0.400 bits per heavy atom. The Bertz CT molecular complexity index is 3.61. The van der Waals surface area contributed by atoms with Crippen LogP contribution in [0.2, 0.25) is 0 Å². The van der Waals surface area contributed by atoms with Gasteiger partial charge in [-0.15, -0.1) is 0 Å². The van der Waals surface area contributed by atoms with Crippen LogP contribution in [0.1, 0.15) is 0 Å². The van der Waals surface area contributed by atoms with Crippen molar-refractivity contribution in [1.82, 2.24) is 0 Å². The Labute approximate surface area is 39.9 Å². The molecule has 4 nitrogen and oxygen atoms in total. The van der Waals surface area contributed by atoms with E-state index in [4.69, 9.17) is 0 Å². The maximum atomic E-state index is 0. The summed E-state index contributed by atoms with van der Waals surface area (Å²) in [5, 5.41) is 0. The van der Waals surface area contributed by atoms with Gasteiger partial charge in [0, 0.05) is 17.1 Å². The minimum atomic E-state index is 0. The molecule has 0 aliphatic carbocycles. The van der Waals surface area contributed by atoms with E-state index >= 15 is 0 Å². The fourth-order valence-electron chi connectivity index (χ4n) is 0. The first kappa shape index (κ1) is 788. The van der Waals surface area contributed by atoms with Gasteiger partial charge in [-0.3, -0.25) is 0 Å². The molecule has 8 N–H and O–H groups in total. The fourth-order valence-corrected chi connectivity index (χ4v) is 0. The molecule has 1 radical (unpaired) electrons. The maximum absolute atomic E-state index is 0. The van der Waals surface area contributed by atoms with Crippen LogP contribution in [0.25, 0.3) is 0 Å². The van der Waals surface area contributed by atoms with Crippen LogP contribution >= 0.6 is 0 Å². The van der Waals surface area contributed by atoms with Crippen LogP contribution in [0.4, 0.5) is 0 Å². The first-order valence-electron chi connectivity index (χ1n) is 0. The minimum absolute atomic E-state index is 0. The summed E-state index contributed by atoms with van der Waals surface area (Å²) in [6, 6.07) is 0. The van der Waals surface area contributed by atoms with E-state index in [0.717, 1.165) is 0 Å². The SMILES string of the molecule is O.O.O.O.[Cu]. The molecule has 0 aromatic carbocycles. The van der Waals surface area contributed by atoms with Crippen molar-refractivity contribution in [3.05, 3.63) is 0 Å². The maximum Gasteiger partial charge on any atom is 0 e. The van der Waals surface area contributed by atoms with Gasteiger partial charge in [-0.2, -0.15) is 0 Å². The zero-order chi connectivity index (χ0) is 0. The zero-order valence-electron chi connectivity index (χ0n) is 2.30. The van der Waals surface area contributed by atoms with Crippen LogP contribution < -0.4 is 0 Å². The van der Waals surface area contributed by atoms with Crippen LogP contribution in [0.5, 0.6) is 0 Å². The molecule has 0 amide bonds. The molecule has 0 spiro atoms. The summed E-state index contributed by atoms with van der Waals surface area (Å²) < 4.78 is 0. The number of hydrogen-bond acceptors (Lipinski definition) is 0. The van der Waals surface area contributed by atoms with Crippen molar-refractivity contribution in [3.8, 4) is 0 Å². The minimum Gasteiger partial charge on any atom is -0.412 e. The molecule has 0 unspecified atom stereocenters. The quantitative estimate of drug-likeness (QED) is 0.309. The second kappa shape index (κ2) is 381. The Balaban J connectivity index is 0. The molecule has 0 aromatic rings. The molecule has 0 aromatic heterocycles. The number of hydrogen-bond donors (Lipinski definition) is 0. The predicted octanol–water partition coefficient (Wildman–Crippen LogP) is -3.30. The largest absolute Gasteiger partial charge is 0.412 e. The van der Waals surface area contributed by atoms with Crippen molar-refractivity contribution >= 4 is 0 Å². The van der Waals surface area contributed by atoms with Crippen molar-refractivity contribution in [2.75, 3.05) is 0 Å². The van der Waals surface area contributed by atoms with Crippen LogP contribution in [0.3, 0.4) is 0 Å². The van der Waals surface area contributed by atoms with Gasteiger partial charge < -0.3 is 21.9 Å². The van der Waals surface area contributed by atoms with Gasteiger partial charge in [0.05, 0.1) is 0 Å². The first-order chi connectivity index (χ1) is 0. The van der Waals surface area contributed by atoms with Crippen LogP contribution in [0, 0.1) is 0 Å². The van der Waals surface area contributed by atoms with Gasteiger partial charge in [0.25, 0.3) is 0 Å². The van der Waals surface area contributed by atoms with Crippen molar-refractivity contribution in [2.24, 2.45) is 0 Å². The van der Waals surface area contributed by atoms with Crippen LogP contribution in [0.15, 0.2) is 0 Å². The molecule has 0 bridgehead atoms. The molecular formula is H8CuO4. The van der Waals surface area contributed by atoms with E-state index in [-0.39, 0.29) is 39.0 Å². The van der Waals surface area contributed by atoms with Crippen LogP contribution in [-0.4, -0.2) is 21.9 Å². The average Bonchev–Trinajstić information content (AvgIpc) is 0. The predicted molar refractivity (Wildman–Crippen MR) is 14.5 cm³/mol. The van der Waals surface area contributed by atoms with Gasteiger partial charge in [0.2, 0.25) is 0 Å². The molecule has 0 saturated heterocycles. The second-order valence-corrected chi connectivity index (χ2v) is 0. The average molecular weight is 136 g/mol. The monoisotopic (exact) mass is 135 g/mol. The normalized spacial score (nSPS) is 0. The van der Waals surface area contributed by atoms with E-state index < -0.39 is 0 Å². The number of rotatable bonds is 0. The molecule has 0 atom stereocenters. The summed E-state index contributed by atoms with van der Waals surface area (Å²) in [7, 11) is 0. The summed E-state index contributed by atoms with van der Waals surface area (Å²) in [4.78, 5) is 0. The van der Waals surface area contributed by atoms with Crippen molar-refractivity contribution in [3.63, 3.8) is 0 Å². The van der Waals surface area contributed by atoms with E-state index in [1.54, 1.807) is 0 Å². The molecule has 0 heterocycles. The summed E-state index contributed by atoms with van der Waals surface area (Å²) >= 11 is 0. The third-order valence-electron chi connectivity index (χ3n) is 0. The van der Waals surface area contributed by atoms with E-state index in [1.165, 1.54) is 0 Å². The van der Waals surface area contributed by atoms with Gasteiger partial charge in [-0.1, -0.05) is 0 Å². The van der Waals surface area contributed by atoms with E-state index in [0.29, 0.717) is 0 Å². The molecule has 0 fully saturated rings. The molecule has 5 heavy (non-hydrogen) atoms. The molecular weight excluding hydrogens is 128 g/mol. The van der Waals surface area contributed by atoms with E-state index in [1.807, 2.05) is 0 Å². The van der Waals surface area contributed by atoms with Crippen molar-refractivity contribution in [2.45, 2.75) is 0 Å².